The third-order valence-corrected chi connectivity index (χ3v) is 5.51. The molecule has 1 amide bonds. The molecule has 0 radical (unpaired) electrons. The minimum absolute atomic E-state index is 0.0716. The van der Waals surface area contributed by atoms with E-state index in [1.54, 1.807) is 19.2 Å². The highest BCUT2D eigenvalue weighted by Crippen LogP contribution is 2.28. The average Bonchev–Trinajstić information content (AvgIpc) is 3.36. The molecule has 2 heterocycles. The molecule has 7 nitrogen and oxygen atoms in total. The maximum absolute atomic E-state index is 12.2. The number of hydrogen-bond acceptors (Lipinski definition) is 6. The number of hydrogen-bond donors (Lipinski definition) is 2. The van der Waals surface area contributed by atoms with E-state index in [9.17, 15) is 4.79 Å². The van der Waals surface area contributed by atoms with Crippen molar-refractivity contribution in [2.75, 3.05) is 25.6 Å². The standard InChI is InChI=1S/C26H29N3O4/c1-31-20-8-6-7-19(16-20)28-25-10-5-3-2-4-9-23(29-25)18-11-12-24(22(15-18)26(27)30)33-21-13-14-32-17-21/h2,4,6-9,11-12,15-16,21H,3,5,10,13-14,17H2,1H3,(H2,27,30)(H,28,29)/b4-2-,23-9-/t21-/m0/s1. The second-order valence-electron chi connectivity index (χ2n) is 7.97. The van der Waals surface area contributed by atoms with Gasteiger partial charge in [0, 0.05) is 30.2 Å². The molecule has 0 aromatic heterocycles. The summed E-state index contributed by atoms with van der Waals surface area (Å²) in [6, 6.07) is 13.2. The van der Waals surface area contributed by atoms with E-state index in [-0.39, 0.29) is 6.10 Å². The van der Waals surface area contributed by atoms with Crippen molar-refractivity contribution in [2.24, 2.45) is 10.7 Å². The van der Waals surface area contributed by atoms with Gasteiger partial charge in [-0.2, -0.15) is 0 Å². The maximum atomic E-state index is 12.2. The van der Waals surface area contributed by atoms with Crippen molar-refractivity contribution in [1.29, 1.82) is 0 Å². The zero-order valence-electron chi connectivity index (χ0n) is 18.8. The second-order valence-corrected chi connectivity index (χ2v) is 7.97. The van der Waals surface area contributed by atoms with E-state index in [0.29, 0.717) is 24.5 Å². The highest BCUT2D eigenvalue weighted by molar-refractivity contribution is 6.00. The summed E-state index contributed by atoms with van der Waals surface area (Å²) in [5.74, 6) is 1.54. The molecule has 1 saturated heterocycles. The number of nitrogens with two attached hydrogens (primary N) is 1. The highest BCUT2D eigenvalue weighted by Gasteiger charge is 2.21. The van der Waals surface area contributed by atoms with Gasteiger partial charge in [0.15, 0.2) is 0 Å². The molecule has 4 rings (SSSR count). The molecule has 0 saturated carbocycles. The molecular weight excluding hydrogens is 418 g/mol. The predicted octanol–water partition coefficient (Wildman–Crippen LogP) is 4.55. The number of ether oxygens (including phenoxy) is 3. The first-order valence-electron chi connectivity index (χ1n) is 11.2. The van der Waals surface area contributed by atoms with Gasteiger partial charge in [-0.1, -0.05) is 18.2 Å². The Morgan fingerprint density at radius 1 is 1.24 bits per heavy atom. The Balaban J connectivity index is 1.64. The van der Waals surface area contributed by atoms with Crippen molar-refractivity contribution in [3.05, 3.63) is 71.8 Å². The SMILES string of the molecule is COc1cccc(NC2=N/C(c3ccc(O[C@H]4CCOC4)c(C(N)=O)c3)=C\C=C/CCC2)c1. The van der Waals surface area contributed by atoms with Gasteiger partial charge in [0.05, 0.1) is 31.6 Å². The fraction of sp³-hybridized carbons (Fsp3) is 0.308. The predicted molar refractivity (Wildman–Crippen MR) is 130 cm³/mol. The number of nitrogens with one attached hydrogen (secondary N) is 1. The third-order valence-electron chi connectivity index (χ3n) is 5.51. The zero-order chi connectivity index (χ0) is 23.0. The van der Waals surface area contributed by atoms with E-state index >= 15 is 0 Å². The summed E-state index contributed by atoms with van der Waals surface area (Å²) in [5.41, 5.74) is 8.44. The smallest absolute Gasteiger partial charge is 0.252 e. The molecule has 172 valence electrons. The number of amidine groups is 1. The lowest BCUT2D eigenvalue weighted by Crippen LogP contribution is -2.20. The summed E-state index contributed by atoms with van der Waals surface area (Å²) >= 11 is 0. The molecule has 0 spiro atoms. The van der Waals surface area contributed by atoms with Gasteiger partial charge in [-0.15, -0.1) is 0 Å². The summed E-state index contributed by atoms with van der Waals surface area (Å²) in [6.45, 7) is 1.17. The van der Waals surface area contributed by atoms with E-state index in [1.807, 2.05) is 42.5 Å². The Hall–Kier alpha value is -3.58. The van der Waals surface area contributed by atoms with Crippen molar-refractivity contribution in [3.8, 4) is 11.5 Å². The molecule has 2 aliphatic rings. The van der Waals surface area contributed by atoms with Crippen LogP contribution in [-0.4, -0.2) is 38.2 Å². The molecule has 2 aliphatic heterocycles. The lowest BCUT2D eigenvalue weighted by atomic mass is 10.1. The number of primary amides is 1. The Morgan fingerprint density at radius 2 is 2.15 bits per heavy atom. The van der Waals surface area contributed by atoms with Crippen LogP contribution in [0.1, 0.15) is 41.6 Å². The fourth-order valence-electron chi connectivity index (χ4n) is 3.77. The quantitative estimate of drug-likeness (QED) is 0.677. The van der Waals surface area contributed by atoms with Crippen LogP contribution in [0.4, 0.5) is 5.69 Å². The number of nitrogens with zero attached hydrogens (tertiary/aromatic N) is 1. The Labute approximate surface area is 193 Å². The summed E-state index contributed by atoms with van der Waals surface area (Å²) < 4.78 is 16.7. The number of methoxy groups -OCH3 is 1. The molecule has 7 heteroatoms. The number of anilines is 1. The van der Waals surface area contributed by atoms with Crippen LogP contribution >= 0.6 is 0 Å². The van der Waals surface area contributed by atoms with Gasteiger partial charge in [-0.05, 0) is 49.2 Å². The number of amides is 1. The summed E-state index contributed by atoms with van der Waals surface area (Å²) in [4.78, 5) is 17.1. The number of rotatable bonds is 6. The van der Waals surface area contributed by atoms with E-state index in [4.69, 9.17) is 24.9 Å². The number of aliphatic imine (C=N–C) groups is 1. The number of allylic oxidation sites excluding steroid dienone is 3. The molecule has 0 bridgehead atoms. The highest BCUT2D eigenvalue weighted by atomic mass is 16.5. The van der Waals surface area contributed by atoms with Crippen LogP contribution in [0, 0.1) is 0 Å². The molecule has 2 aromatic carbocycles. The topological polar surface area (TPSA) is 95.2 Å². The van der Waals surface area contributed by atoms with E-state index < -0.39 is 5.91 Å². The number of benzene rings is 2. The minimum Gasteiger partial charge on any atom is -0.497 e. The van der Waals surface area contributed by atoms with Gasteiger partial charge in [0.2, 0.25) is 0 Å². The van der Waals surface area contributed by atoms with Crippen LogP contribution in [0.25, 0.3) is 5.70 Å². The molecule has 3 N–H and O–H groups in total. The minimum atomic E-state index is -0.538. The van der Waals surface area contributed by atoms with E-state index in [2.05, 4.69) is 11.4 Å². The summed E-state index contributed by atoms with van der Waals surface area (Å²) in [7, 11) is 1.65. The monoisotopic (exact) mass is 447 g/mol. The number of carbonyl (C=O) groups is 1. The lowest BCUT2D eigenvalue weighted by Gasteiger charge is -2.16. The molecule has 33 heavy (non-hydrogen) atoms. The van der Waals surface area contributed by atoms with E-state index in [1.165, 1.54) is 0 Å². The zero-order valence-corrected chi connectivity index (χ0v) is 18.8. The second kappa shape index (κ2) is 10.8. The van der Waals surface area contributed by atoms with Crippen LogP contribution in [0.2, 0.25) is 0 Å². The molecular formula is C26H29N3O4. The summed E-state index contributed by atoms with van der Waals surface area (Å²) in [6.07, 6.45) is 9.49. The van der Waals surface area contributed by atoms with Crippen LogP contribution < -0.4 is 20.5 Å². The Kier molecular flexibility index (Phi) is 7.42. The van der Waals surface area contributed by atoms with Crippen LogP contribution in [0.5, 0.6) is 11.5 Å². The van der Waals surface area contributed by atoms with Crippen LogP contribution in [0.15, 0.2) is 65.7 Å². The molecule has 0 aliphatic carbocycles. The Bertz CT molecular complexity index is 1080. The first kappa shape index (κ1) is 22.6. The number of carbonyl (C=O) groups excluding carboxylic acids is 1. The van der Waals surface area contributed by atoms with Crippen molar-refractivity contribution in [3.63, 3.8) is 0 Å². The van der Waals surface area contributed by atoms with Crippen molar-refractivity contribution >= 4 is 23.1 Å². The van der Waals surface area contributed by atoms with Gasteiger partial charge in [-0.25, -0.2) is 4.99 Å². The normalized spacial score (nSPS) is 20.9. The maximum Gasteiger partial charge on any atom is 0.252 e. The van der Waals surface area contributed by atoms with Gasteiger partial charge < -0.3 is 25.3 Å². The van der Waals surface area contributed by atoms with Crippen LogP contribution in [-0.2, 0) is 4.74 Å². The van der Waals surface area contributed by atoms with Crippen LogP contribution in [0.3, 0.4) is 0 Å². The van der Waals surface area contributed by atoms with E-state index in [0.717, 1.165) is 54.2 Å². The first-order chi connectivity index (χ1) is 16.1. The Morgan fingerprint density at radius 3 is 2.94 bits per heavy atom. The lowest BCUT2D eigenvalue weighted by molar-refractivity contribution is 0.0989. The van der Waals surface area contributed by atoms with Gasteiger partial charge in [-0.3, -0.25) is 4.79 Å². The van der Waals surface area contributed by atoms with Crippen molar-refractivity contribution in [2.45, 2.75) is 31.8 Å². The van der Waals surface area contributed by atoms with Gasteiger partial charge in [0.1, 0.15) is 23.4 Å². The largest absolute Gasteiger partial charge is 0.497 e. The molecule has 2 aromatic rings. The third kappa shape index (κ3) is 6.02. The van der Waals surface area contributed by atoms with Gasteiger partial charge >= 0.3 is 0 Å². The average molecular weight is 448 g/mol. The fourth-order valence-corrected chi connectivity index (χ4v) is 3.77. The molecule has 1 fully saturated rings. The van der Waals surface area contributed by atoms with Gasteiger partial charge in [0.25, 0.3) is 5.91 Å². The summed E-state index contributed by atoms with van der Waals surface area (Å²) in [5, 5.41) is 3.42. The van der Waals surface area contributed by atoms with Crippen molar-refractivity contribution in [1.82, 2.24) is 0 Å². The van der Waals surface area contributed by atoms with Crippen molar-refractivity contribution < 1.29 is 19.0 Å². The molecule has 0 unspecified atom stereocenters. The molecule has 1 atom stereocenters. The first-order valence-corrected chi connectivity index (χ1v) is 11.2.